The lowest BCUT2D eigenvalue weighted by atomic mass is 10.3. The van der Waals surface area contributed by atoms with Crippen molar-refractivity contribution < 1.29 is 5.11 Å². The Bertz CT molecular complexity index is 222. The van der Waals surface area contributed by atoms with E-state index in [1.165, 1.54) is 5.00 Å². The number of aliphatic hydroxyl groups excluding tert-OH is 1. The van der Waals surface area contributed by atoms with Gasteiger partial charge in [-0.1, -0.05) is 0 Å². The molecule has 1 aliphatic rings. The summed E-state index contributed by atoms with van der Waals surface area (Å²) in [7, 11) is 0. The molecule has 0 radical (unpaired) electrons. The highest BCUT2D eigenvalue weighted by Gasteiger charge is 2.20. The number of nitrogens with zero attached hydrogens (tertiary/aromatic N) is 1. The van der Waals surface area contributed by atoms with Gasteiger partial charge in [0.2, 0.25) is 0 Å². The van der Waals surface area contributed by atoms with Crippen LogP contribution in [0.1, 0.15) is 6.42 Å². The number of hydrogen-bond acceptors (Lipinski definition) is 3. The van der Waals surface area contributed by atoms with Crippen LogP contribution in [0, 0.1) is 0 Å². The zero-order valence-electron chi connectivity index (χ0n) is 6.23. The second kappa shape index (κ2) is 2.83. The maximum Gasteiger partial charge on any atom is 0.0909 e. The van der Waals surface area contributed by atoms with Gasteiger partial charge < -0.3 is 10.0 Å². The number of anilines is 1. The molecule has 1 aromatic rings. The van der Waals surface area contributed by atoms with Crippen molar-refractivity contribution >= 4 is 16.3 Å². The Kier molecular flexibility index (Phi) is 1.84. The van der Waals surface area contributed by atoms with Crippen LogP contribution in [0.3, 0.4) is 0 Å². The predicted molar refractivity (Wildman–Crippen MR) is 47.2 cm³/mol. The molecule has 1 unspecified atom stereocenters. The summed E-state index contributed by atoms with van der Waals surface area (Å²) >= 11 is 1.74. The number of hydrogen-bond donors (Lipinski definition) is 1. The molecule has 0 spiro atoms. The molecule has 11 heavy (non-hydrogen) atoms. The summed E-state index contributed by atoms with van der Waals surface area (Å²) in [5.74, 6) is 0. The van der Waals surface area contributed by atoms with Crippen molar-refractivity contribution in [2.45, 2.75) is 12.5 Å². The van der Waals surface area contributed by atoms with Crippen molar-refractivity contribution in [3.05, 3.63) is 17.5 Å². The first-order chi connectivity index (χ1) is 5.36. The van der Waals surface area contributed by atoms with Crippen LogP contribution in [0.25, 0.3) is 0 Å². The van der Waals surface area contributed by atoms with Crippen LogP contribution in [-0.4, -0.2) is 24.3 Å². The van der Waals surface area contributed by atoms with Crippen molar-refractivity contribution in [3.8, 4) is 0 Å². The normalized spacial score (nSPS) is 24.5. The van der Waals surface area contributed by atoms with Gasteiger partial charge in [0, 0.05) is 13.1 Å². The Balaban J connectivity index is 2.08. The third-order valence-electron chi connectivity index (χ3n) is 1.98. The molecule has 0 aromatic carbocycles. The van der Waals surface area contributed by atoms with Gasteiger partial charge in [0.05, 0.1) is 11.1 Å². The summed E-state index contributed by atoms with van der Waals surface area (Å²) in [6.07, 6.45) is 0.801. The maximum atomic E-state index is 9.26. The molecule has 3 heteroatoms. The molecule has 0 bridgehead atoms. The van der Waals surface area contributed by atoms with Crippen LogP contribution in [0.5, 0.6) is 0 Å². The van der Waals surface area contributed by atoms with Crippen molar-refractivity contribution in [2.24, 2.45) is 0 Å². The lowest BCUT2D eigenvalue weighted by molar-refractivity contribution is 0.198. The van der Waals surface area contributed by atoms with Crippen LogP contribution in [0.4, 0.5) is 5.00 Å². The van der Waals surface area contributed by atoms with Gasteiger partial charge in [0.25, 0.3) is 0 Å². The Morgan fingerprint density at radius 3 is 3.09 bits per heavy atom. The summed E-state index contributed by atoms with van der Waals surface area (Å²) in [5.41, 5.74) is 0. The lowest BCUT2D eigenvalue weighted by Crippen LogP contribution is -2.19. The molecular weight excluding hydrogens is 158 g/mol. The van der Waals surface area contributed by atoms with Gasteiger partial charge >= 0.3 is 0 Å². The van der Waals surface area contributed by atoms with Crippen molar-refractivity contribution in [1.82, 2.24) is 0 Å². The van der Waals surface area contributed by atoms with E-state index in [2.05, 4.69) is 16.3 Å². The predicted octanol–water partition coefficient (Wildman–Crippen LogP) is 1.32. The average molecular weight is 169 g/mol. The monoisotopic (exact) mass is 169 g/mol. The fraction of sp³-hybridized carbons (Fsp3) is 0.500. The average Bonchev–Trinajstić information content (AvgIpc) is 2.55. The Morgan fingerprint density at radius 2 is 2.55 bits per heavy atom. The molecule has 60 valence electrons. The minimum atomic E-state index is -0.114. The molecular formula is C8H11NOS. The third-order valence-corrected chi connectivity index (χ3v) is 2.91. The second-order valence-corrected chi connectivity index (χ2v) is 3.77. The van der Waals surface area contributed by atoms with Gasteiger partial charge in [0.1, 0.15) is 0 Å². The summed E-state index contributed by atoms with van der Waals surface area (Å²) in [5, 5.41) is 12.6. The highest BCUT2D eigenvalue weighted by molar-refractivity contribution is 7.14. The van der Waals surface area contributed by atoms with E-state index < -0.39 is 0 Å². The van der Waals surface area contributed by atoms with Crippen molar-refractivity contribution in [2.75, 3.05) is 18.0 Å². The smallest absolute Gasteiger partial charge is 0.0909 e. The molecule has 2 nitrogen and oxygen atoms in total. The van der Waals surface area contributed by atoms with E-state index in [-0.39, 0.29) is 6.10 Å². The summed E-state index contributed by atoms with van der Waals surface area (Å²) in [6, 6.07) is 4.15. The van der Waals surface area contributed by atoms with E-state index in [0.717, 1.165) is 19.5 Å². The van der Waals surface area contributed by atoms with Gasteiger partial charge in [-0.25, -0.2) is 0 Å². The van der Waals surface area contributed by atoms with Gasteiger partial charge in [-0.3, -0.25) is 0 Å². The first-order valence-electron chi connectivity index (χ1n) is 3.83. The number of aliphatic hydroxyl groups is 1. The SMILES string of the molecule is OC1CCN(c2cccs2)C1. The molecule has 1 N–H and O–H groups in total. The number of thiophene rings is 1. The van der Waals surface area contributed by atoms with Crippen molar-refractivity contribution in [1.29, 1.82) is 0 Å². The topological polar surface area (TPSA) is 23.5 Å². The molecule has 1 saturated heterocycles. The number of rotatable bonds is 1. The molecule has 1 fully saturated rings. The van der Waals surface area contributed by atoms with Crippen LogP contribution in [-0.2, 0) is 0 Å². The molecule has 2 heterocycles. The molecule has 1 aromatic heterocycles. The fourth-order valence-electron chi connectivity index (χ4n) is 1.39. The first kappa shape index (κ1) is 7.13. The molecule has 1 aliphatic heterocycles. The molecule has 1 atom stereocenters. The molecule has 2 rings (SSSR count). The second-order valence-electron chi connectivity index (χ2n) is 2.84. The minimum absolute atomic E-state index is 0.114. The highest BCUT2D eigenvalue weighted by atomic mass is 32.1. The van der Waals surface area contributed by atoms with Crippen molar-refractivity contribution in [3.63, 3.8) is 0 Å². The molecule has 0 aliphatic carbocycles. The van der Waals surface area contributed by atoms with Crippen LogP contribution in [0.2, 0.25) is 0 Å². The largest absolute Gasteiger partial charge is 0.391 e. The van der Waals surface area contributed by atoms with Gasteiger partial charge in [-0.2, -0.15) is 0 Å². The highest BCUT2D eigenvalue weighted by Crippen LogP contribution is 2.24. The van der Waals surface area contributed by atoms with E-state index in [4.69, 9.17) is 0 Å². The van der Waals surface area contributed by atoms with E-state index in [0.29, 0.717) is 0 Å². The van der Waals surface area contributed by atoms with E-state index in [1.807, 2.05) is 6.07 Å². The standard InChI is InChI=1S/C8H11NOS/c10-7-3-4-9(6-7)8-2-1-5-11-8/h1-2,5,7,10H,3-4,6H2. The van der Waals surface area contributed by atoms with Gasteiger partial charge in [-0.15, -0.1) is 11.3 Å². The quantitative estimate of drug-likeness (QED) is 0.685. The van der Waals surface area contributed by atoms with E-state index >= 15 is 0 Å². The van der Waals surface area contributed by atoms with E-state index in [1.54, 1.807) is 11.3 Å². The molecule has 0 amide bonds. The van der Waals surface area contributed by atoms with E-state index in [9.17, 15) is 5.11 Å². The van der Waals surface area contributed by atoms with Gasteiger partial charge in [-0.05, 0) is 23.9 Å². The Morgan fingerprint density at radius 1 is 1.64 bits per heavy atom. The number of β-amino-alcohol motifs (C(OH)–C–C–N with tert-alkyl or cyclic N) is 1. The zero-order valence-corrected chi connectivity index (χ0v) is 7.05. The van der Waals surface area contributed by atoms with Crippen LogP contribution in [0.15, 0.2) is 17.5 Å². The minimum Gasteiger partial charge on any atom is -0.391 e. The summed E-state index contributed by atoms with van der Waals surface area (Å²) < 4.78 is 0. The summed E-state index contributed by atoms with van der Waals surface area (Å²) in [6.45, 7) is 1.81. The van der Waals surface area contributed by atoms with Gasteiger partial charge in [0.15, 0.2) is 0 Å². The van der Waals surface area contributed by atoms with Crippen LogP contribution < -0.4 is 4.90 Å². The first-order valence-corrected chi connectivity index (χ1v) is 4.71. The lowest BCUT2D eigenvalue weighted by Gasteiger charge is -2.13. The van der Waals surface area contributed by atoms with Crippen LogP contribution >= 0.6 is 11.3 Å². The Hall–Kier alpha value is -0.540. The third kappa shape index (κ3) is 1.39. The summed E-state index contributed by atoms with van der Waals surface area (Å²) in [4.78, 5) is 2.23. The zero-order chi connectivity index (χ0) is 7.68. The maximum absolute atomic E-state index is 9.26. The fourth-order valence-corrected chi connectivity index (χ4v) is 2.16. The Labute approximate surface area is 70.1 Å². The molecule has 0 saturated carbocycles.